The van der Waals surface area contributed by atoms with Crippen molar-refractivity contribution in [2.45, 2.75) is 44.6 Å². The summed E-state index contributed by atoms with van der Waals surface area (Å²) < 4.78 is 21.1. The molecular weight excluding hydrogens is 452 g/mol. The summed E-state index contributed by atoms with van der Waals surface area (Å²) in [5, 5.41) is 0. The van der Waals surface area contributed by atoms with Crippen LogP contribution < -0.4 is 9.47 Å². The molecule has 0 atom stereocenters. The zero-order valence-corrected chi connectivity index (χ0v) is 19.6. The molecule has 0 heterocycles. The molecule has 0 aromatic heterocycles. The smallest absolute Gasteiger partial charge is 0.340 e. The Morgan fingerprint density at radius 2 is 1.29 bits per heavy atom. The summed E-state index contributed by atoms with van der Waals surface area (Å²) >= 11 is 0. The number of carbonyl (C=O) groups excluding carboxylic acids is 4. The van der Waals surface area contributed by atoms with Crippen molar-refractivity contribution >= 4 is 23.9 Å². The predicted octanol–water partition coefficient (Wildman–Crippen LogP) is 4.18. The topological polar surface area (TPSA) is 105 Å². The van der Waals surface area contributed by atoms with E-state index in [-0.39, 0.29) is 23.2 Å². The number of para-hydroxylation sites is 2. The first-order chi connectivity index (χ1) is 16.9. The van der Waals surface area contributed by atoms with Crippen molar-refractivity contribution in [3.8, 4) is 11.5 Å². The van der Waals surface area contributed by atoms with Gasteiger partial charge in [0.2, 0.25) is 0 Å². The van der Waals surface area contributed by atoms with E-state index in [1.165, 1.54) is 24.3 Å². The summed E-state index contributed by atoms with van der Waals surface area (Å²) in [5.41, 5.74) is -2.90. The van der Waals surface area contributed by atoms with Gasteiger partial charge >= 0.3 is 23.9 Å². The van der Waals surface area contributed by atoms with E-state index in [1.807, 2.05) is 0 Å². The van der Waals surface area contributed by atoms with Gasteiger partial charge in [-0.1, -0.05) is 49.4 Å². The Hall–Kier alpha value is -3.94. The molecule has 0 unspecified atom stereocenters. The number of ether oxygens (including phenoxy) is 4. The average molecular weight is 481 g/mol. The minimum absolute atomic E-state index is 0.0914. The van der Waals surface area contributed by atoms with Crippen molar-refractivity contribution < 1.29 is 38.1 Å². The summed E-state index contributed by atoms with van der Waals surface area (Å²) in [5.74, 6) is -4.38. The van der Waals surface area contributed by atoms with Gasteiger partial charge in [0.15, 0.2) is 0 Å². The minimum Gasteiger partial charge on any atom is -0.468 e. The maximum absolute atomic E-state index is 13.4. The molecule has 0 spiro atoms. The van der Waals surface area contributed by atoms with Gasteiger partial charge in [0, 0.05) is 12.0 Å². The van der Waals surface area contributed by atoms with Crippen LogP contribution in [-0.4, -0.2) is 37.1 Å². The second-order valence-corrected chi connectivity index (χ2v) is 8.25. The molecule has 1 fully saturated rings. The molecule has 1 saturated carbocycles. The molecule has 2 aromatic rings. The van der Waals surface area contributed by atoms with Crippen LogP contribution in [0.4, 0.5) is 0 Å². The van der Waals surface area contributed by atoms with Crippen molar-refractivity contribution in [3.63, 3.8) is 0 Å². The Bertz CT molecular complexity index is 1000. The van der Waals surface area contributed by atoms with Crippen LogP contribution in [0, 0.1) is 5.41 Å². The van der Waals surface area contributed by atoms with Crippen LogP contribution in [0.5, 0.6) is 11.5 Å². The highest BCUT2D eigenvalue weighted by atomic mass is 16.6. The van der Waals surface area contributed by atoms with Gasteiger partial charge in [-0.15, -0.1) is 0 Å². The Kier molecular flexibility index (Phi) is 8.78. The third-order valence-electron chi connectivity index (χ3n) is 5.73. The molecule has 8 heteroatoms. The van der Waals surface area contributed by atoms with Gasteiger partial charge in [-0.3, -0.25) is 4.79 Å². The summed E-state index contributed by atoms with van der Waals surface area (Å²) in [6, 6.07) is 15.8. The lowest BCUT2D eigenvalue weighted by atomic mass is 9.81. The zero-order chi connectivity index (χ0) is 25.3. The Labute approximate surface area is 203 Å². The van der Waals surface area contributed by atoms with Gasteiger partial charge < -0.3 is 18.9 Å². The Morgan fingerprint density at radius 3 is 1.74 bits per heavy atom. The van der Waals surface area contributed by atoms with E-state index >= 15 is 0 Å². The summed E-state index contributed by atoms with van der Waals surface area (Å²) in [7, 11) is 1.02. The van der Waals surface area contributed by atoms with Crippen LogP contribution >= 0.6 is 0 Å². The lowest BCUT2D eigenvalue weighted by Gasteiger charge is -2.28. The maximum Gasteiger partial charge on any atom is 0.340 e. The number of hydrogen-bond donors (Lipinski definition) is 0. The van der Waals surface area contributed by atoms with E-state index in [4.69, 9.17) is 18.9 Å². The number of esters is 4. The number of benzene rings is 2. The van der Waals surface area contributed by atoms with Gasteiger partial charge in [-0.05, 0) is 49.9 Å². The Balaban J connectivity index is 1.92. The quantitative estimate of drug-likeness (QED) is 0.228. The second kappa shape index (κ2) is 12.0. The van der Waals surface area contributed by atoms with Gasteiger partial charge in [0.25, 0.3) is 5.41 Å². The van der Waals surface area contributed by atoms with Crippen molar-refractivity contribution in [1.82, 2.24) is 0 Å². The lowest BCUT2D eigenvalue weighted by Crippen LogP contribution is -2.52. The van der Waals surface area contributed by atoms with Gasteiger partial charge in [0.1, 0.15) is 17.6 Å². The van der Waals surface area contributed by atoms with Gasteiger partial charge in [0.05, 0.1) is 7.11 Å². The van der Waals surface area contributed by atoms with Gasteiger partial charge in [-0.2, -0.15) is 0 Å². The number of methoxy groups -OCH3 is 1. The highest BCUT2D eigenvalue weighted by molar-refractivity contribution is 6.19. The standard InChI is InChI=1S/C27H28O8/c1-19(23(28)33-20-12-6-3-7-13-20)18-27(24(29)32-2,25(30)34-21-14-8-4-9-15-21)26(31)35-22-16-10-5-11-17-22/h4-5,8-11,14-17,20H,1,3,6-7,12-13,18H2,2H3. The minimum atomic E-state index is -2.65. The summed E-state index contributed by atoms with van der Waals surface area (Å²) in [6.07, 6.45) is 3.35. The molecule has 35 heavy (non-hydrogen) atoms. The molecule has 0 bridgehead atoms. The molecule has 3 rings (SSSR count). The van der Waals surface area contributed by atoms with E-state index in [1.54, 1.807) is 36.4 Å². The van der Waals surface area contributed by atoms with Crippen molar-refractivity contribution in [2.24, 2.45) is 5.41 Å². The van der Waals surface area contributed by atoms with Crippen LogP contribution in [0.2, 0.25) is 0 Å². The van der Waals surface area contributed by atoms with E-state index < -0.39 is 35.7 Å². The lowest BCUT2D eigenvalue weighted by molar-refractivity contribution is -0.174. The number of hydrogen-bond acceptors (Lipinski definition) is 8. The molecule has 2 aromatic carbocycles. The van der Waals surface area contributed by atoms with Crippen LogP contribution in [-0.2, 0) is 28.7 Å². The van der Waals surface area contributed by atoms with E-state index in [9.17, 15) is 19.2 Å². The summed E-state index contributed by atoms with van der Waals surface area (Å²) in [4.78, 5) is 52.6. The molecule has 0 radical (unpaired) electrons. The van der Waals surface area contributed by atoms with Crippen LogP contribution in [0.1, 0.15) is 38.5 Å². The molecular formula is C27H28O8. The monoisotopic (exact) mass is 480 g/mol. The number of rotatable bonds is 9. The molecule has 0 N–H and O–H groups in total. The Morgan fingerprint density at radius 1 is 0.800 bits per heavy atom. The molecule has 1 aliphatic rings. The van der Waals surface area contributed by atoms with E-state index in [0.717, 1.165) is 26.4 Å². The first-order valence-electron chi connectivity index (χ1n) is 11.4. The van der Waals surface area contributed by atoms with E-state index in [2.05, 4.69) is 6.58 Å². The molecule has 0 aliphatic heterocycles. The van der Waals surface area contributed by atoms with E-state index in [0.29, 0.717) is 12.8 Å². The van der Waals surface area contributed by atoms with Crippen LogP contribution in [0.3, 0.4) is 0 Å². The first kappa shape index (κ1) is 25.7. The average Bonchev–Trinajstić information content (AvgIpc) is 2.88. The fraction of sp³-hybridized carbons (Fsp3) is 0.333. The third-order valence-corrected chi connectivity index (χ3v) is 5.73. The van der Waals surface area contributed by atoms with Crippen LogP contribution in [0.25, 0.3) is 0 Å². The highest BCUT2D eigenvalue weighted by Crippen LogP contribution is 2.34. The molecule has 0 amide bonds. The fourth-order valence-corrected chi connectivity index (χ4v) is 3.82. The largest absolute Gasteiger partial charge is 0.468 e. The van der Waals surface area contributed by atoms with Crippen molar-refractivity contribution in [3.05, 3.63) is 72.8 Å². The molecule has 1 aliphatic carbocycles. The molecule has 0 saturated heterocycles. The second-order valence-electron chi connectivity index (χ2n) is 8.25. The van der Waals surface area contributed by atoms with Crippen molar-refractivity contribution in [1.29, 1.82) is 0 Å². The maximum atomic E-state index is 13.4. The molecule has 184 valence electrons. The SMILES string of the molecule is C=C(CC(C(=O)OC)(C(=O)Oc1ccccc1)C(=O)Oc1ccccc1)C(=O)OC1CCCCC1. The van der Waals surface area contributed by atoms with Gasteiger partial charge in [-0.25, -0.2) is 14.4 Å². The fourth-order valence-electron chi connectivity index (χ4n) is 3.82. The number of carbonyl (C=O) groups is 4. The normalized spacial score (nSPS) is 13.9. The molecule has 8 nitrogen and oxygen atoms in total. The summed E-state index contributed by atoms with van der Waals surface area (Å²) in [6.45, 7) is 3.70. The third kappa shape index (κ3) is 6.35. The van der Waals surface area contributed by atoms with Crippen molar-refractivity contribution in [2.75, 3.05) is 7.11 Å². The predicted molar refractivity (Wildman–Crippen MR) is 125 cm³/mol. The highest BCUT2D eigenvalue weighted by Gasteiger charge is 2.58. The van der Waals surface area contributed by atoms with Crippen LogP contribution in [0.15, 0.2) is 72.8 Å². The zero-order valence-electron chi connectivity index (χ0n) is 19.6. The first-order valence-corrected chi connectivity index (χ1v) is 11.4.